The van der Waals surface area contributed by atoms with Gasteiger partial charge in [-0.15, -0.1) is 0 Å². The van der Waals surface area contributed by atoms with Crippen LogP contribution in [0.4, 0.5) is 0 Å². The molecule has 0 rings (SSSR count). The Kier molecular flexibility index (Phi) is 28.8. The summed E-state index contributed by atoms with van der Waals surface area (Å²) in [6.07, 6.45) is 23.0. The molecular formula is C33H66O4. The second kappa shape index (κ2) is 28.0. The fourth-order valence-electron chi connectivity index (χ4n) is 4.61. The highest BCUT2D eigenvalue weighted by Crippen LogP contribution is 2.18. The number of carboxylic acid groups (broad SMARTS) is 1. The lowest BCUT2D eigenvalue weighted by atomic mass is 9.97. The number of ether oxygens (including phenoxy) is 1. The van der Waals surface area contributed by atoms with E-state index in [2.05, 4.69) is 34.6 Å². The molecule has 0 fully saturated rings. The number of unbranched alkanes of at least 4 members (excludes halogenated alkanes) is 11. The second-order valence-corrected chi connectivity index (χ2v) is 11.9. The van der Waals surface area contributed by atoms with Gasteiger partial charge in [0.05, 0.1) is 18.4 Å². The number of esters is 1. The molecule has 0 radical (unpaired) electrons. The Morgan fingerprint density at radius 2 is 0.892 bits per heavy atom. The summed E-state index contributed by atoms with van der Waals surface area (Å²) in [5, 5.41) is 8.37. The molecule has 0 aromatic rings. The Bertz CT molecular complexity index is 497. The first-order valence-electron chi connectivity index (χ1n) is 16.1. The number of carbonyl (C=O) groups is 2. The molecule has 1 atom stereocenters. The normalized spacial score (nSPS) is 12.1. The molecule has 222 valence electrons. The van der Waals surface area contributed by atoms with Crippen molar-refractivity contribution >= 4 is 11.9 Å². The number of carbonyl (C=O) groups excluding carboxylic acids is 1. The molecular weight excluding hydrogens is 460 g/mol. The van der Waals surface area contributed by atoms with E-state index in [9.17, 15) is 9.59 Å². The van der Waals surface area contributed by atoms with Crippen LogP contribution in [0.15, 0.2) is 0 Å². The third-order valence-corrected chi connectivity index (χ3v) is 7.42. The van der Waals surface area contributed by atoms with Crippen LogP contribution in [0.2, 0.25) is 0 Å². The lowest BCUT2D eigenvalue weighted by Gasteiger charge is -2.14. The van der Waals surface area contributed by atoms with E-state index in [-0.39, 0.29) is 17.8 Å². The van der Waals surface area contributed by atoms with Crippen LogP contribution in [-0.4, -0.2) is 23.7 Å². The second-order valence-electron chi connectivity index (χ2n) is 11.9. The van der Waals surface area contributed by atoms with Gasteiger partial charge in [-0.05, 0) is 43.9 Å². The predicted molar refractivity (Wildman–Crippen MR) is 160 cm³/mol. The number of carboxylic acids is 1. The van der Waals surface area contributed by atoms with Gasteiger partial charge in [0, 0.05) is 0 Å². The molecule has 1 N–H and O–H groups in total. The maximum absolute atomic E-state index is 12.3. The van der Waals surface area contributed by atoms with Gasteiger partial charge >= 0.3 is 11.9 Å². The Hall–Kier alpha value is -1.06. The summed E-state index contributed by atoms with van der Waals surface area (Å²) in [7, 11) is 0. The van der Waals surface area contributed by atoms with Crippen LogP contribution in [0.25, 0.3) is 0 Å². The summed E-state index contributed by atoms with van der Waals surface area (Å²) in [4.78, 5) is 22.4. The van der Waals surface area contributed by atoms with Crippen LogP contribution < -0.4 is 0 Å². The Balaban J connectivity index is 0. The number of hydrogen-bond donors (Lipinski definition) is 1. The zero-order valence-electron chi connectivity index (χ0n) is 26.1. The van der Waals surface area contributed by atoms with Crippen molar-refractivity contribution in [3.8, 4) is 0 Å². The molecule has 0 bridgehead atoms. The van der Waals surface area contributed by atoms with Gasteiger partial charge in [-0.2, -0.15) is 0 Å². The molecule has 0 spiro atoms. The summed E-state index contributed by atoms with van der Waals surface area (Å²) in [5.74, 6) is 1.05. The number of hydrogen-bond acceptors (Lipinski definition) is 3. The molecule has 0 aliphatic rings. The van der Waals surface area contributed by atoms with Crippen molar-refractivity contribution in [2.45, 2.75) is 170 Å². The van der Waals surface area contributed by atoms with Crippen LogP contribution in [0, 0.1) is 23.7 Å². The zero-order chi connectivity index (χ0) is 28.3. The van der Waals surface area contributed by atoms with Crippen LogP contribution in [-0.2, 0) is 14.3 Å². The lowest BCUT2D eigenvalue weighted by Crippen LogP contribution is -2.17. The first-order chi connectivity index (χ1) is 17.7. The third-order valence-electron chi connectivity index (χ3n) is 7.42. The highest BCUT2D eigenvalue weighted by Gasteiger charge is 2.17. The monoisotopic (exact) mass is 526 g/mol. The van der Waals surface area contributed by atoms with Crippen molar-refractivity contribution in [1.82, 2.24) is 0 Å². The predicted octanol–water partition coefficient (Wildman–Crippen LogP) is 10.6. The molecule has 0 aliphatic heterocycles. The molecule has 37 heavy (non-hydrogen) atoms. The molecule has 0 aliphatic carbocycles. The van der Waals surface area contributed by atoms with E-state index in [0.717, 1.165) is 43.9 Å². The van der Waals surface area contributed by atoms with Gasteiger partial charge in [-0.3, -0.25) is 9.59 Å². The minimum Gasteiger partial charge on any atom is -0.481 e. The summed E-state index contributed by atoms with van der Waals surface area (Å²) in [6.45, 7) is 15.7. The molecule has 4 heteroatoms. The molecule has 0 aromatic carbocycles. The zero-order valence-corrected chi connectivity index (χ0v) is 26.1. The van der Waals surface area contributed by atoms with Crippen LogP contribution in [0.5, 0.6) is 0 Å². The topological polar surface area (TPSA) is 63.6 Å². The van der Waals surface area contributed by atoms with E-state index < -0.39 is 5.97 Å². The highest BCUT2D eigenvalue weighted by molar-refractivity contribution is 5.72. The van der Waals surface area contributed by atoms with Crippen molar-refractivity contribution in [3.63, 3.8) is 0 Å². The molecule has 0 heterocycles. The fraction of sp³-hybridized carbons (Fsp3) is 0.939. The van der Waals surface area contributed by atoms with E-state index in [1.54, 1.807) is 0 Å². The van der Waals surface area contributed by atoms with Gasteiger partial charge < -0.3 is 9.84 Å². The maximum Gasteiger partial charge on any atom is 0.308 e. The molecule has 4 nitrogen and oxygen atoms in total. The summed E-state index contributed by atoms with van der Waals surface area (Å²) in [6, 6.07) is 0. The maximum atomic E-state index is 12.3. The largest absolute Gasteiger partial charge is 0.481 e. The molecule has 1 unspecified atom stereocenters. The third kappa shape index (κ3) is 27.8. The van der Waals surface area contributed by atoms with Gasteiger partial charge in [0.15, 0.2) is 0 Å². The Morgan fingerprint density at radius 3 is 1.22 bits per heavy atom. The first-order valence-corrected chi connectivity index (χ1v) is 16.1. The van der Waals surface area contributed by atoms with E-state index in [0.29, 0.717) is 6.61 Å². The van der Waals surface area contributed by atoms with Gasteiger partial charge in [-0.25, -0.2) is 0 Å². The summed E-state index contributed by atoms with van der Waals surface area (Å²) in [5.41, 5.74) is 0. The van der Waals surface area contributed by atoms with Crippen molar-refractivity contribution in [2.24, 2.45) is 23.7 Å². The number of rotatable bonds is 24. The van der Waals surface area contributed by atoms with Crippen LogP contribution >= 0.6 is 0 Å². The van der Waals surface area contributed by atoms with Crippen molar-refractivity contribution < 1.29 is 19.4 Å². The summed E-state index contributed by atoms with van der Waals surface area (Å²) < 4.78 is 5.55. The van der Waals surface area contributed by atoms with E-state index >= 15 is 0 Å². The summed E-state index contributed by atoms with van der Waals surface area (Å²) >= 11 is 0. The van der Waals surface area contributed by atoms with Gasteiger partial charge in [0.2, 0.25) is 0 Å². The number of aliphatic carboxylic acids is 1. The Labute approximate surface area is 232 Å². The van der Waals surface area contributed by atoms with Crippen molar-refractivity contribution in [1.29, 1.82) is 0 Å². The Morgan fingerprint density at radius 1 is 0.541 bits per heavy atom. The quantitative estimate of drug-likeness (QED) is 0.100. The van der Waals surface area contributed by atoms with Gasteiger partial charge in [0.25, 0.3) is 0 Å². The standard InChI is InChI=1S/C27H54O2.C6H12O2/c1-6-26(22-18-14-10-8-7-9-12-16-20-24(2)3)27(28)29-23-19-15-11-13-17-21-25(4)5;1-3-5(4-2)6(7)8/h24-26H,6-23H2,1-5H3;5H,3-4H2,1-2H3,(H,7,8). The smallest absolute Gasteiger partial charge is 0.308 e. The minimum absolute atomic E-state index is 0.0532. The van der Waals surface area contributed by atoms with Gasteiger partial charge in [-0.1, -0.05) is 138 Å². The average molecular weight is 527 g/mol. The molecule has 0 amide bonds. The molecule has 0 saturated heterocycles. The van der Waals surface area contributed by atoms with Gasteiger partial charge in [0.1, 0.15) is 0 Å². The van der Waals surface area contributed by atoms with Crippen molar-refractivity contribution in [2.75, 3.05) is 6.61 Å². The SMILES string of the molecule is CCC(CC)C(=O)O.CCC(CCCCCCCCCCC(C)C)C(=O)OCCCCCCCC(C)C. The van der Waals surface area contributed by atoms with E-state index in [4.69, 9.17) is 9.84 Å². The van der Waals surface area contributed by atoms with E-state index in [1.165, 1.54) is 89.9 Å². The van der Waals surface area contributed by atoms with Crippen molar-refractivity contribution in [3.05, 3.63) is 0 Å². The fourth-order valence-corrected chi connectivity index (χ4v) is 4.61. The molecule has 0 aromatic heterocycles. The van der Waals surface area contributed by atoms with Crippen LogP contribution in [0.1, 0.15) is 170 Å². The minimum atomic E-state index is -0.671. The lowest BCUT2D eigenvalue weighted by molar-refractivity contribution is -0.149. The average Bonchev–Trinajstić information content (AvgIpc) is 2.84. The van der Waals surface area contributed by atoms with Crippen LogP contribution in [0.3, 0.4) is 0 Å². The highest BCUT2D eigenvalue weighted by atomic mass is 16.5. The van der Waals surface area contributed by atoms with E-state index in [1.807, 2.05) is 13.8 Å². The first kappa shape index (κ1) is 38.1. The molecule has 0 saturated carbocycles.